The van der Waals surface area contributed by atoms with E-state index in [1.54, 1.807) is 6.92 Å². The highest BCUT2D eigenvalue weighted by atomic mass is 28.3. The first-order valence-corrected chi connectivity index (χ1v) is 7.71. The summed E-state index contributed by atoms with van der Waals surface area (Å²) in [5.41, 5.74) is 0. The zero-order chi connectivity index (χ0) is 10.8. The molecule has 0 unspecified atom stereocenters. The van der Waals surface area contributed by atoms with Crippen LogP contribution in [0.15, 0.2) is 30.3 Å². The molecule has 1 rings (SSSR count). The van der Waals surface area contributed by atoms with Crippen LogP contribution in [0.3, 0.4) is 0 Å². The first kappa shape index (κ1) is 11.0. The summed E-state index contributed by atoms with van der Waals surface area (Å²) in [5, 5.41) is 1.29. The van der Waals surface area contributed by atoms with E-state index in [4.69, 9.17) is 0 Å². The van der Waals surface area contributed by atoms with Crippen LogP contribution in [0.4, 0.5) is 0 Å². The van der Waals surface area contributed by atoms with Gasteiger partial charge in [0, 0.05) is 14.0 Å². The minimum Gasteiger partial charge on any atom is -0.368 e. The van der Waals surface area contributed by atoms with Crippen LogP contribution in [0.25, 0.3) is 0 Å². The lowest BCUT2D eigenvalue weighted by Gasteiger charge is -2.33. The number of carbonyl (C=O) groups is 1. The number of hydrogen-bond donors (Lipinski definition) is 0. The third kappa shape index (κ3) is 2.04. The predicted octanol–water partition coefficient (Wildman–Crippen LogP) is 1.58. The first-order valence-electron chi connectivity index (χ1n) is 4.76. The molecule has 0 saturated heterocycles. The summed E-state index contributed by atoms with van der Waals surface area (Å²) in [7, 11) is 0.128. The molecule has 0 N–H and O–H groups in total. The topological polar surface area (TPSA) is 20.3 Å². The minimum absolute atomic E-state index is 0.144. The monoisotopic (exact) mass is 207 g/mol. The summed E-state index contributed by atoms with van der Waals surface area (Å²) in [6, 6.07) is 10.3. The van der Waals surface area contributed by atoms with Crippen molar-refractivity contribution in [3.05, 3.63) is 30.3 Å². The predicted molar refractivity (Wildman–Crippen MR) is 62.0 cm³/mol. The van der Waals surface area contributed by atoms with Crippen molar-refractivity contribution < 1.29 is 4.79 Å². The molecule has 0 heterocycles. The molecule has 0 fully saturated rings. The third-order valence-electron chi connectivity index (χ3n) is 2.79. The van der Waals surface area contributed by atoms with E-state index in [-0.39, 0.29) is 5.91 Å². The number of benzene rings is 1. The van der Waals surface area contributed by atoms with Crippen LogP contribution < -0.4 is 5.19 Å². The zero-order valence-electron chi connectivity index (χ0n) is 9.24. The fourth-order valence-corrected chi connectivity index (χ4v) is 3.62. The van der Waals surface area contributed by atoms with Gasteiger partial charge < -0.3 is 4.57 Å². The Morgan fingerprint density at radius 1 is 1.21 bits per heavy atom. The van der Waals surface area contributed by atoms with Gasteiger partial charge in [0.1, 0.15) is 0 Å². The van der Waals surface area contributed by atoms with Gasteiger partial charge in [0.2, 0.25) is 5.91 Å². The van der Waals surface area contributed by atoms with Crippen LogP contribution in [0, 0.1) is 0 Å². The molecule has 0 spiro atoms. The van der Waals surface area contributed by atoms with Gasteiger partial charge in [-0.05, 0) is 18.3 Å². The zero-order valence-corrected chi connectivity index (χ0v) is 10.2. The Kier molecular flexibility index (Phi) is 3.11. The van der Waals surface area contributed by atoms with Crippen LogP contribution in [0.5, 0.6) is 0 Å². The van der Waals surface area contributed by atoms with Crippen molar-refractivity contribution >= 4 is 19.3 Å². The van der Waals surface area contributed by atoms with Gasteiger partial charge in [0.25, 0.3) is 0 Å². The Morgan fingerprint density at radius 3 is 2.14 bits per heavy atom. The Bertz CT molecular complexity index is 321. The van der Waals surface area contributed by atoms with Crippen molar-refractivity contribution in [1.29, 1.82) is 0 Å². The average Bonchev–Trinajstić information content (AvgIpc) is 2.18. The summed E-state index contributed by atoms with van der Waals surface area (Å²) in [5.74, 6) is 0.144. The summed E-state index contributed by atoms with van der Waals surface area (Å²) < 4.78 is 1.89. The van der Waals surface area contributed by atoms with Crippen LogP contribution in [-0.4, -0.2) is 25.8 Å². The second kappa shape index (κ2) is 3.96. The summed E-state index contributed by atoms with van der Waals surface area (Å²) in [6.45, 7) is 5.99. The lowest BCUT2D eigenvalue weighted by molar-refractivity contribution is -0.123. The van der Waals surface area contributed by atoms with Gasteiger partial charge in [-0.2, -0.15) is 0 Å². The molecule has 1 aromatic carbocycles. The van der Waals surface area contributed by atoms with Gasteiger partial charge in [0.15, 0.2) is 8.24 Å². The van der Waals surface area contributed by atoms with Crippen molar-refractivity contribution in [2.75, 3.05) is 7.05 Å². The Labute approximate surface area is 86.6 Å². The van der Waals surface area contributed by atoms with Crippen molar-refractivity contribution in [1.82, 2.24) is 4.57 Å². The quantitative estimate of drug-likeness (QED) is 0.674. The molecule has 76 valence electrons. The fourth-order valence-electron chi connectivity index (χ4n) is 1.43. The Hall–Kier alpha value is -1.09. The fraction of sp³-hybridized carbons (Fsp3) is 0.364. The van der Waals surface area contributed by atoms with E-state index in [9.17, 15) is 4.79 Å². The Balaban J connectivity index is 3.02. The average molecular weight is 207 g/mol. The molecule has 3 heteroatoms. The molecule has 0 radical (unpaired) electrons. The molecule has 14 heavy (non-hydrogen) atoms. The highest BCUT2D eigenvalue weighted by molar-refractivity contribution is 6.88. The summed E-state index contributed by atoms with van der Waals surface area (Å²) in [4.78, 5) is 11.3. The van der Waals surface area contributed by atoms with Crippen LogP contribution in [0.2, 0.25) is 13.1 Å². The van der Waals surface area contributed by atoms with E-state index in [0.717, 1.165) is 0 Å². The van der Waals surface area contributed by atoms with E-state index >= 15 is 0 Å². The molecule has 2 nitrogen and oxygen atoms in total. The second-order valence-electron chi connectivity index (χ2n) is 4.00. The number of amides is 1. The largest absolute Gasteiger partial charge is 0.368 e. The van der Waals surface area contributed by atoms with Gasteiger partial charge in [0.05, 0.1) is 0 Å². The summed E-state index contributed by atoms with van der Waals surface area (Å²) in [6.07, 6.45) is 0. The maximum absolute atomic E-state index is 11.3. The van der Waals surface area contributed by atoms with E-state index in [2.05, 4.69) is 25.2 Å². The lowest BCUT2D eigenvalue weighted by atomic mass is 10.4. The lowest BCUT2D eigenvalue weighted by Crippen LogP contribution is -2.57. The smallest absolute Gasteiger partial charge is 0.211 e. The molecule has 1 aromatic rings. The van der Waals surface area contributed by atoms with Crippen molar-refractivity contribution in [3.8, 4) is 0 Å². The summed E-state index contributed by atoms with van der Waals surface area (Å²) >= 11 is 0. The molecule has 0 bridgehead atoms. The maximum atomic E-state index is 11.3. The minimum atomic E-state index is -1.76. The number of nitrogens with zero attached hydrogens (tertiary/aromatic N) is 1. The van der Waals surface area contributed by atoms with Gasteiger partial charge in [-0.1, -0.05) is 30.3 Å². The highest BCUT2D eigenvalue weighted by Gasteiger charge is 2.30. The SMILES string of the molecule is CC(=O)N(C)[Si](C)(C)c1ccccc1. The molecule has 0 aliphatic rings. The van der Waals surface area contributed by atoms with E-state index in [0.29, 0.717) is 0 Å². The van der Waals surface area contributed by atoms with Crippen LogP contribution in [0.1, 0.15) is 6.92 Å². The second-order valence-corrected chi connectivity index (χ2v) is 8.37. The normalized spacial score (nSPS) is 11.1. The van der Waals surface area contributed by atoms with Gasteiger partial charge >= 0.3 is 0 Å². The van der Waals surface area contributed by atoms with E-state index < -0.39 is 8.24 Å². The van der Waals surface area contributed by atoms with E-state index in [1.165, 1.54) is 5.19 Å². The molecule has 1 amide bonds. The molecule has 0 aromatic heterocycles. The van der Waals surface area contributed by atoms with Crippen LogP contribution >= 0.6 is 0 Å². The van der Waals surface area contributed by atoms with Gasteiger partial charge in [-0.15, -0.1) is 0 Å². The highest BCUT2D eigenvalue weighted by Crippen LogP contribution is 2.08. The molecular weight excluding hydrogens is 190 g/mol. The maximum Gasteiger partial charge on any atom is 0.211 e. The molecule has 0 aliphatic carbocycles. The van der Waals surface area contributed by atoms with Gasteiger partial charge in [-0.25, -0.2) is 0 Å². The van der Waals surface area contributed by atoms with Gasteiger partial charge in [-0.3, -0.25) is 4.79 Å². The van der Waals surface area contributed by atoms with Crippen molar-refractivity contribution in [3.63, 3.8) is 0 Å². The molecule has 0 atom stereocenters. The Morgan fingerprint density at radius 2 is 1.71 bits per heavy atom. The molecule has 0 aliphatic heterocycles. The number of carbonyl (C=O) groups excluding carboxylic acids is 1. The molecular formula is C11H17NOSi. The van der Waals surface area contributed by atoms with Crippen LogP contribution in [-0.2, 0) is 4.79 Å². The van der Waals surface area contributed by atoms with E-state index in [1.807, 2.05) is 29.8 Å². The standard InChI is InChI=1S/C11H17NOSi/c1-10(13)12(2)14(3,4)11-8-6-5-7-9-11/h5-9H,1-4H3. The van der Waals surface area contributed by atoms with Crippen molar-refractivity contribution in [2.45, 2.75) is 20.0 Å². The number of hydrogen-bond acceptors (Lipinski definition) is 1. The first-order chi connectivity index (χ1) is 6.46. The molecule has 0 saturated carbocycles. The van der Waals surface area contributed by atoms with Crippen molar-refractivity contribution in [2.24, 2.45) is 0 Å². The number of rotatable bonds is 2. The third-order valence-corrected chi connectivity index (χ3v) is 6.53.